The van der Waals surface area contributed by atoms with Crippen LogP contribution in [0.25, 0.3) is 10.9 Å². The topological polar surface area (TPSA) is 89.6 Å². The number of fused-ring (bicyclic) bond motifs is 1. The van der Waals surface area contributed by atoms with Gasteiger partial charge in [-0.2, -0.15) is 0 Å². The van der Waals surface area contributed by atoms with Crippen molar-refractivity contribution in [1.29, 1.82) is 0 Å². The average Bonchev–Trinajstić information content (AvgIpc) is 3.26. The number of H-pyrrole nitrogens is 1. The molecule has 2 aromatic heterocycles. The molecule has 0 unspecified atom stereocenters. The second-order valence-corrected chi connectivity index (χ2v) is 6.05. The maximum atomic E-state index is 11.8. The zero-order chi connectivity index (χ0) is 14.4. The summed E-state index contributed by atoms with van der Waals surface area (Å²) < 4.78 is 1.72. The number of nitrogen functional groups attached to an aromatic ring is 1. The largest absolute Gasteiger partial charge is 0.397 e. The molecular weight excluding hydrogens is 286 g/mol. The number of para-hydroxylation sites is 1. The van der Waals surface area contributed by atoms with Gasteiger partial charge in [0.25, 0.3) is 0 Å². The fraction of sp³-hybridized carbons (Fsp3) is 0.214. The van der Waals surface area contributed by atoms with E-state index >= 15 is 0 Å². The molecule has 3 N–H and O–H groups in total. The minimum atomic E-state index is -0.156. The molecule has 1 fully saturated rings. The van der Waals surface area contributed by atoms with Crippen LogP contribution >= 0.6 is 11.8 Å². The summed E-state index contributed by atoms with van der Waals surface area (Å²) in [7, 11) is 0. The van der Waals surface area contributed by atoms with Crippen molar-refractivity contribution >= 4 is 28.4 Å². The van der Waals surface area contributed by atoms with Crippen molar-refractivity contribution in [3.8, 4) is 0 Å². The third-order valence-electron chi connectivity index (χ3n) is 3.53. The molecular formula is C14H13N5OS. The minimum absolute atomic E-state index is 0.156. The van der Waals surface area contributed by atoms with E-state index in [0.29, 0.717) is 10.8 Å². The summed E-state index contributed by atoms with van der Waals surface area (Å²) in [5.41, 5.74) is 7.39. The third kappa shape index (κ3) is 2.09. The van der Waals surface area contributed by atoms with Gasteiger partial charge in [-0.05, 0) is 30.7 Å². The maximum absolute atomic E-state index is 11.8. The molecule has 0 aliphatic heterocycles. The van der Waals surface area contributed by atoms with Crippen molar-refractivity contribution in [2.45, 2.75) is 28.9 Å². The SMILES string of the molecule is Nc1cnc2ccccc2c1Sc1n[nH]c(=O)n1C1CC1. The highest BCUT2D eigenvalue weighted by molar-refractivity contribution is 7.99. The lowest BCUT2D eigenvalue weighted by atomic mass is 10.2. The molecule has 0 spiro atoms. The summed E-state index contributed by atoms with van der Waals surface area (Å²) in [5.74, 6) is 0. The number of pyridine rings is 1. The number of hydrogen-bond acceptors (Lipinski definition) is 5. The Kier molecular flexibility index (Phi) is 2.75. The van der Waals surface area contributed by atoms with Crippen LogP contribution in [0.2, 0.25) is 0 Å². The van der Waals surface area contributed by atoms with Crippen LogP contribution in [-0.4, -0.2) is 19.7 Å². The summed E-state index contributed by atoms with van der Waals surface area (Å²) in [6, 6.07) is 8.08. The standard InChI is InChI=1S/C14H13N5OS/c15-10-7-16-11-4-2-1-3-9(11)12(10)21-14-18-17-13(20)19(14)8-5-6-8/h1-4,7-8H,5-6,15H2,(H,17,20). The quantitative estimate of drug-likeness (QED) is 0.773. The lowest BCUT2D eigenvalue weighted by molar-refractivity contribution is 0.642. The van der Waals surface area contributed by atoms with Crippen LogP contribution in [0, 0.1) is 0 Å². The van der Waals surface area contributed by atoms with E-state index in [1.807, 2.05) is 24.3 Å². The molecule has 0 saturated heterocycles. The number of nitrogens with two attached hydrogens (primary N) is 1. The van der Waals surface area contributed by atoms with Crippen molar-refractivity contribution in [2.75, 3.05) is 5.73 Å². The molecule has 4 rings (SSSR count). The molecule has 7 heteroatoms. The predicted octanol–water partition coefficient (Wildman–Crippen LogP) is 2.19. The van der Waals surface area contributed by atoms with Crippen LogP contribution in [-0.2, 0) is 0 Å². The molecule has 106 valence electrons. The summed E-state index contributed by atoms with van der Waals surface area (Å²) in [6.07, 6.45) is 3.70. The zero-order valence-electron chi connectivity index (χ0n) is 11.1. The number of aromatic amines is 1. The first-order valence-corrected chi connectivity index (χ1v) is 7.53. The Labute approximate surface area is 124 Å². The van der Waals surface area contributed by atoms with Gasteiger partial charge in [-0.1, -0.05) is 18.2 Å². The molecule has 21 heavy (non-hydrogen) atoms. The normalized spacial score (nSPS) is 14.7. The molecule has 0 radical (unpaired) electrons. The summed E-state index contributed by atoms with van der Waals surface area (Å²) in [6.45, 7) is 0. The minimum Gasteiger partial charge on any atom is -0.397 e. The second-order valence-electron chi connectivity index (χ2n) is 5.07. The van der Waals surface area contributed by atoms with E-state index < -0.39 is 0 Å². The molecule has 2 heterocycles. The first kappa shape index (κ1) is 12.5. The number of nitrogens with one attached hydrogen (secondary N) is 1. The lowest BCUT2D eigenvalue weighted by Gasteiger charge is -2.09. The van der Waals surface area contributed by atoms with Crippen LogP contribution in [0.1, 0.15) is 18.9 Å². The number of nitrogens with zero attached hydrogens (tertiary/aromatic N) is 3. The summed E-state index contributed by atoms with van der Waals surface area (Å²) >= 11 is 1.42. The van der Waals surface area contributed by atoms with Gasteiger partial charge in [0.1, 0.15) is 0 Å². The zero-order valence-corrected chi connectivity index (χ0v) is 11.9. The maximum Gasteiger partial charge on any atom is 0.344 e. The number of aromatic nitrogens is 4. The molecule has 3 aromatic rings. The van der Waals surface area contributed by atoms with Crippen molar-refractivity contribution in [3.63, 3.8) is 0 Å². The lowest BCUT2D eigenvalue weighted by Crippen LogP contribution is -2.16. The Morgan fingerprint density at radius 3 is 2.95 bits per heavy atom. The number of rotatable bonds is 3. The van der Waals surface area contributed by atoms with Gasteiger partial charge in [0.2, 0.25) is 0 Å². The van der Waals surface area contributed by atoms with Gasteiger partial charge >= 0.3 is 5.69 Å². The van der Waals surface area contributed by atoms with Crippen molar-refractivity contribution in [1.82, 2.24) is 19.7 Å². The van der Waals surface area contributed by atoms with E-state index in [9.17, 15) is 4.79 Å². The second kappa shape index (κ2) is 4.63. The average molecular weight is 299 g/mol. The third-order valence-corrected chi connectivity index (χ3v) is 4.66. The van der Waals surface area contributed by atoms with Crippen LogP contribution in [0.4, 0.5) is 5.69 Å². The van der Waals surface area contributed by atoms with Crippen LogP contribution in [0.5, 0.6) is 0 Å². The van der Waals surface area contributed by atoms with Gasteiger partial charge in [0.15, 0.2) is 5.16 Å². The summed E-state index contributed by atoms with van der Waals surface area (Å²) in [4.78, 5) is 17.1. The Morgan fingerprint density at radius 1 is 1.33 bits per heavy atom. The van der Waals surface area contributed by atoms with Crippen LogP contribution < -0.4 is 11.4 Å². The van der Waals surface area contributed by atoms with Crippen LogP contribution in [0.3, 0.4) is 0 Å². The van der Waals surface area contributed by atoms with Gasteiger partial charge in [-0.3, -0.25) is 9.55 Å². The fourth-order valence-corrected chi connectivity index (χ4v) is 3.41. The highest BCUT2D eigenvalue weighted by atomic mass is 32.2. The predicted molar refractivity (Wildman–Crippen MR) is 81.4 cm³/mol. The van der Waals surface area contributed by atoms with E-state index in [-0.39, 0.29) is 11.7 Å². The molecule has 1 aliphatic rings. The Bertz CT molecular complexity index is 880. The Morgan fingerprint density at radius 2 is 2.14 bits per heavy atom. The first-order chi connectivity index (χ1) is 10.2. The Balaban J connectivity index is 1.85. The monoisotopic (exact) mass is 299 g/mol. The van der Waals surface area contributed by atoms with E-state index in [1.165, 1.54) is 11.8 Å². The number of benzene rings is 1. The summed E-state index contributed by atoms with van der Waals surface area (Å²) in [5, 5.41) is 8.29. The van der Waals surface area contributed by atoms with Crippen molar-refractivity contribution < 1.29 is 0 Å². The van der Waals surface area contributed by atoms with Crippen molar-refractivity contribution in [2.24, 2.45) is 0 Å². The molecule has 0 bridgehead atoms. The van der Waals surface area contributed by atoms with Gasteiger partial charge in [-0.15, -0.1) is 5.10 Å². The molecule has 1 aliphatic carbocycles. The van der Waals surface area contributed by atoms with Gasteiger partial charge in [-0.25, -0.2) is 9.89 Å². The van der Waals surface area contributed by atoms with Gasteiger partial charge in [0.05, 0.1) is 17.4 Å². The van der Waals surface area contributed by atoms with E-state index in [0.717, 1.165) is 28.6 Å². The van der Waals surface area contributed by atoms with E-state index in [4.69, 9.17) is 5.73 Å². The number of anilines is 1. The smallest absolute Gasteiger partial charge is 0.344 e. The number of hydrogen-bond donors (Lipinski definition) is 2. The molecule has 0 atom stereocenters. The first-order valence-electron chi connectivity index (χ1n) is 6.72. The van der Waals surface area contributed by atoms with Gasteiger partial charge in [0, 0.05) is 16.3 Å². The fourth-order valence-electron chi connectivity index (χ4n) is 2.35. The van der Waals surface area contributed by atoms with Gasteiger partial charge < -0.3 is 5.73 Å². The van der Waals surface area contributed by atoms with Crippen LogP contribution in [0.15, 0.2) is 45.3 Å². The Hall–Kier alpha value is -2.28. The van der Waals surface area contributed by atoms with E-state index in [1.54, 1.807) is 10.8 Å². The highest BCUT2D eigenvalue weighted by Crippen LogP contribution is 2.40. The molecule has 1 saturated carbocycles. The molecule has 0 amide bonds. The molecule has 1 aromatic carbocycles. The highest BCUT2D eigenvalue weighted by Gasteiger charge is 2.29. The van der Waals surface area contributed by atoms with Crippen molar-refractivity contribution in [3.05, 3.63) is 40.9 Å². The molecule has 6 nitrogen and oxygen atoms in total. The van der Waals surface area contributed by atoms with E-state index in [2.05, 4.69) is 15.2 Å².